The van der Waals surface area contributed by atoms with E-state index in [2.05, 4.69) is 10.1 Å². The largest absolute Gasteiger partial charge is 0.466 e. The number of hydrogen-bond donors (Lipinski definition) is 2. The summed E-state index contributed by atoms with van der Waals surface area (Å²) in [5, 5.41) is 2.39. The molecule has 0 aliphatic carbocycles. The van der Waals surface area contributed by atoms with Gasteiger partial charge in [-0.05, 0) is 45.0 Å². The summed E-state index contributed by atoms with van der Waals surface area (Å²) in [5.41, 5.74) is -5.22. The number of carbonyl (C=O) groups is 3. The molecule has 1 atom stereocenters. The number of methoxy groups -OCH3 is 1. The fraction of sp³-hybridized carbons (Fsp3) is 0.421. The molecule has 0 fully saturated rings. The van der Waals surface area contributed by atoms with Crippen LogP contribution in [0.1, 0.15) is 27.7 Å². The summed E-state index contributed by atoms with van der Waals surface area (Å²) in [7, 11) is -4.16. The Labute approximate surface area is 182 Å². The lowest BCUT2D eigenvalue weighted by Gasteiger charge is -2.33. The van der Waals surface area contributed by atoms with Gasteiger partial charge in [-0.3, -0.25) is 9.59 Å². The number of nitrogens with one attached hydrogen (secondary N) is 2. The number of esters is 1. The standard InChI is InChI=1S/C19H22F3N3O6S/c1-10(2)25-11(3)15(16(27)31-5)18(17(25)28,19(20,21)22)24-32(29,30)14-8-6-13(7-9-14)23-12(4)26/h6-10,24H,1-5H3,(H,23,26). The van der Waals surface area contributed by atoms with Crippen LogP contribution in [-0.4, -0.2) is 56.0 Å². The highest BCUT2D eigenvalue weighted by molar-refractivity contribution is 7.89. The summed E-state index contributed by atoms with van der Waals surface area (Å²) in [5.74, 6) is -3.61. The molecular formula is C19H22F3N3O6S. The van der Waals surface area contributed by atoms with Gasteiger partial charge in [-0.1, -0.05) is 0 Å². The molecule has 32 heavy (non-hydrogen) atoms. The molecule has 0 bridgehead atoms. The van der Waals surface area contributed by atoms with E-state index in [9.17, 15) is 36.0 Å². The number of carbonyl (C=O) groups excluding carboxylic acids is 3. The number of rotatable bonds is 6. The molecule has 2 amide bonds. The number of anilines is 1. The van der Waals surface area contributed by atoms with E-state index in [1.54, 1.807) is 0 Å². The van der Waals surface area contributed by atoms with Crippen molar-refractivity contribution in [2.75, 3.05) is 12.4 Å². The van der Waals surface area contributed by atoms with E-state index < -0.39 is 56.0 Å². The summed E-state index contributed by atoms with van der Waals surface area (Å²) in [4.78, 5) is 36.5. The molecule has 0 spiro atoms. The van der Waals surface area contributed by atoms with Crippen LogP contribution in [0.25, 0.3) is 0 Å². The Morgan fingerprint density at radius 1 is 1.16 bits per heavy atom. The summed E-state index contributed by atoms with van der Waals surface area (Å²) in [6.07, 6.45) is -5.53. The maximum atomic E-state index is 14.4. The van der Waals surface area contributed by atoms with Crippen molar-refractivity contribution in [3.05, 3.63) is 35.5 Å². The third kappa shape index (κ3) is 4.21. The van der Waals surface area contributed by atoms with Gasteiger partial charge in [-0.25, -0.2) is 13.2 Å². The highest BCUT2D eigenvalue weighted by Crippen LogP contribution is 2.46. The highest BCUT2D eigenvalue weighted by Gasteiger charge is 2.71. The molecule has 0 saturated heterocycles. The third-order valence-electron chi connectivity index (χ3n) is 4.74. The van der Waals surface area contributed by atoms with Gasteiger partial charge in [0.15, 0.2) is 0 Å². The average Bonchev–Trinajstić information content (AvgIpc) is 2.88. The van der Waals surface area contributed by atoms with Crippen LogP contribution in [0.15, 0.2) is 40.4 Å². The van der Waals surface area contributed by atoms with Crippen LogP contribution < -0.4 is 10.0 Å². The molecule has 0 radical (unpaired) electrons. The Balaban J connectivity index is 2.69. The van der Waals surface area contributed by atoms with Crippen molar-refractivity contribution in [2.24, 2.45) is 0 Å². The van der Waals surface area contributed by atoms with Crippen molar-refractivity contribution in [3.63, 3.8) is 0 Å². The quantitative estimate of drug-likeness (QED) is 0.604. The molecule has 2 N–H and O–H groups in total. The van der Waals surface area contributed by atoms with Crippen molar-refractivity contribution in [2.45, 2.75) is 50.3 Å². The highest BCUT2D eigenvalue weighted by atomic mass is 32.2. The summed E-state index contributed by atoms with van der Waals surface area (Å²) < 4.78 is 74.9. The average molecular weight is 477 g/mol. The molecule has 9 nitrogen and oxygen atoms in total. The number of allylic oxidation sites excluding steroid dienone is 1. The van der Waals surface area contributed by atoms with E-state index in [0.717, 1.165) is 38.3 Å². The van der Waals surface area contributed by atoms with Gasteiger partial charge in [0.05, 0.1) is 17.6 Å². The normalized spacial score (nSPS) is 19.5. The second-order valence-corrected chi connectivity index (χ2v) is 8.96. The first kappa shape index (κ1) is 25.3. The molecule has 1 aromatic carbocycles. The van der Waals surface area contributed by atoms with Gasteiger partial charge in [-0.2, -0.15) is 17.9 Å². The minimum absolute atomic E-state index is 0.205. The monoisotopic (exact) mass is 477 g/mol. The number of benzene rings is 1. The Morgan fingerprint density at radius 2 is 1.69 bits per heavy atom. The summed E-state index contributed by atoms with van der Waals surface area (Å²) >= 11 is 0. The molecule has 1 aliphatic heterocycles. The molecule has 1 unspecified atom stereocenters. The molecule has 176 valence electrons. The van der Waals surface area contributed by atoms with E-state index in [-0.39, 0.29) is 11.4 Å². The lowest BCUT2D eigenvalue weighted by atomic mass is 9.90. The molecular weight excluding hydrogens is 455 g/mol. The van der Waals surface area contributed by atoms with Crippen LogP contribution >= 0.6 is 0 Å². The van der Waals surface area contributed by atoms with Gasteiger partial charge in [-0.15, -0.1) is 0 Å². The Morgan fingerprint density at radius 3 is 2.09 bits per heavy atom. The van der Waals surface area contributed by atoms with E-state index >= 15 is 0 Å². The molecule has 1 aromatic rings. The zero-order valence-corrected chi connectivity index (χ0v) is 18.6. The number of nitrogens with zero attached hydrogens (tertiary/aromatic N) is 1. The van der Waals surface area contributed by atoms with Crippen LogP contribution in [0.2, 0.25) is 0 Å². The topological polar surface area (TPSA) is 122 Å². The number of halogens is 3. The summed E-state index contributed by atoms with van der Waals surface area (Å²) in [6, 6.07) is 3.41. The third-order valence-corrected chi connectivity index (χ3v) is 6.21. The molecule has 13 heteroatoms. The molecule has 2 rings (SSSR count). The van der Waals surface area contributed by atoms with Crippen LogP contribution in [0, 0.1) is 0 Å². The summed E-state index contributed by atoms with van der Waals surface area (Å²) in [6.45, 7) is 5.15. The van der Waals surface area contributed by atoms with Crippen molar-refractivity contribution in [1.82, 2.24) is 9.62 Å². The predicted octanol–water partition coefficient (Wildman–Crippen LogP) is 1.92. The Kier molecular flexibility index (Phi) is 6.76. The molecule has 0 aromatic heterocycles. The van der Waals surface area contributed by atoms with Crippen molar-refractivity contribution in [3.8, 4) is 0 Å². The first-order chi connectivity index (χ1) is 14.6. The first-order valence-corrected chi connectivity index (χ1v) is 10.7. The molecule has 0 saturated carbocycles. The fourth-order valence-corrected chi connectivity index (χ4v) is 4.77. The lowest BCUT2D eigenvalue weighted by Crippen LogP contribution is -2.66. The van der Waals surface area contributed by atoms with Gasteiger partial charge in [0, 0.05) is 24.4 Å². The molecule has 1 heterocycles. The number of amides is 2. The number of alkyl halides is 3. The van der Waals surface area contributed by atoms with Crippen molar-refractivity contribution in [1.29, 1.82) is 0 Å². The van der Waals surface area contributed by atoms with E-state index in [4.69, 9.17) is 0 Å². The zero-order valence-electron chi connectivity index (χ0n) is 17.8. The minimum atomic E-state index is -5.53. The first-order valence-electron chi connectivity index (χ1n) is 9.21. The van der Waals surface area contributed by atoms with Crippen LogP contribution in [-0.2, 0) is 29.1 Å². The fourth-order valence-electron chi connectivity index (χ4n) is 3.45. The van der Waals surface area contributed by atoms with Crippen LogP contribution in [0.3, 0.4) is 0 Å². The Hall–Kier alpha value is -2.93. The Bertz CT molecular complexity index is 1080. The number of ether oxygens (including phenoxy) is 1. The van der Waals surface area contributed by atoms with E-state index in [1.165, 1.54) is 25.5 Å². The number of sulfonamides is 1. The van der Waals surface area contributed by atoms with Gasteiger partial charge < -0.3 is 15.0 Å². The van der Waals surface area contributed by atoms with Crippen molar-refractivity contribution < 1.29 is 40.7 Å². The lowest BCUT2D eigenvalue weighted by molar-refractivity contribution is -0.191. The smallest absolute Gasteiger partial charge is 0.421 e. The van der Waals surface area contributed by atoms with E-state index in [0.29, 0.717) is 4.90 Å². The van der Waals surface area contributed by atoms with E-state index in [1.807, 2.05) is 0 Å². The minimum Gasteiger partial charge on any atom is -0.466 e. The van der Waals surface area contributed by atoms with Crippen LogP contribution in [0.4, 0.5) is 18.9 Å². The second-order valence-electron chi connectivity index (χ2n) is 7.28. The van der Waals surface area contributed by atoms with Gasteiger partial charge in [0.2, 0.25) is 21.5 Å². The number of hydrogen-bond acceptors (Lipinski definition) is 6. The second kappa shape index (κ2) is 8.54. The maximum Gasteiger partial charge on any atom is 0.421 e. The van der Waals surface area contributed by atoms with Gasteiger partial charge in [0.1, 0.15) is 0 Å². The van der Waals surface area contributed by atoms with Gasteiger partial charge in [0.25, 0.3) is 5.91 Å². The van der Waals surface area contributed by atoms with Crippen LogP contribution in [0.5, 0.6) is 0 Å². The van der Waals surface area contributed by atoms with Gasteiger partial charge >= 0.3 is 12.1 Å². The molecule has 1 aliphatic rings. The maximum absolute atomic E-state index is 14.4. The SMILES string of the molecule is COC(=O)C1=C(C)N(C(C)C)C(=O)C1(NS(=O)(=O)c1ccc(NC(C)=O)cc1)C(F)(F)F. The zero-order chi connectivity index (χ0) is 24.6. The predicted molar refractivity (Wildman–Crippen MR) is 107 cm³/mol. The van der Waals surface area contributed by atoms with Crippen molar-refractivity contribution >= 4 is 33.5 Å².